The van der Waals surface area contributed by atoms with E-state index in [9.17, 15) is 13.2 Å². The first kappa shape index (κ1) is 14.9. The van der Waals surface area contributed by atoms with Crippen molar-refractivity contribution in [2.24, 2.45) is 0 Å². The van der Waals surface area contributed by atoms with Crippen molar-refractivity contribution in [3.63, 3.8) is 0 Å². The highest BCUT2D eigenvalue weighted by molar-refractivity contribution is 7.91. The number of rotatable bonds is 4. The van der Waals surface area contributed by atoms with Gasteiger partial charge in [-0.15, -0.1) is 0 Å². The van der Waals surface area contributed by atoms with E-state index < -0.39 is 9.84 Å². The number of nitrogens with one attached hydrogen (secondary N) is 1. The maximum Gasteiger partial charge on any atom is 0.317 e. The van der Waals surface area contributed by atoms with E-state index in [1.165, 1.54) is 4.90 Å². The van der Waals surface area contributed by atoms with Crippen LogP contribution in [0, 0.1) is 0 Å². The van der Waals surface area contributed by atoms with Crippen LogP contribution in [0.5, 0.6) is 0 Å². The monoisotopic (exact) mass is 300 g/mol. The summed E-state index contributed by atoms with van der Waals surface area (Å²) in [5.41, 5.74) is 0. The Morgan fingerprint density at radius 2 is 2.35 bits per heavy atom. The van der Waals surface area contributed by atoms with Crippen molar-refractivity contribution in [1.29, 1.82) is 0 Å². The molecule has 0 bridgehead atoms. The third kappa shape index (κ3) is 3.75. The lowest BCUT2D eigenvalue weighted by atomic mass is 10.2. The number of carbonyl (C=O) groups excluding carboxylic acids is 1. The van der Waals surface area contributed by atoms with Crippen molar-refractivity contribution < 1.29 is 17.6 Å². The van der Waals surface area contributed by atoms with Crippen LogP contribution in [0.1, 0.15) is 19.1 Å². The number of sulfone groups is 1. The molecule has 0 aliphatic carbocycles. The Morgan fingerprint density at radius 3 is 2.90 bits per heavy atom. The Morgan fingerprint density at radius 1 is 1.60 bits per heavy atom. The summed E-state index contributed by atoms with van der Waals surface area (Å²) in [4.78, 5) is 13.6. The quantitative estimate of drug-likeness (QED) is 0.901. The van der Waals surface area contributed by atoms with Gasteiger partial charge in [0.15, 0.2) is 9.84 Å². The van der Waals surface area contributed by atoms with Crippen LogP contribution < -0.4 is 5.32 Å². The molecule has 2 heterocycles. The highest BCUT2D eigenvalue weighted by Crippen LogP contribution is 2.16. The molecule has 2 rings (SSSR count). The van der Waals surface area contributed by atoms with Gasteiger partial charge in [-0.05, 0) is 25.5 Å². The molecule has 20 heavy (non-hydrogen) atoms. The van der Waals surface area contributed by atoms with E-state index in [0.29, 0.717) is 12.8 Å². The first-order valence-corrected chi connectivity index (χ1v) is 8.45. The molecule has 1 fully saturated rings. The first-order chi connectivity index (χ1) is 9.37. The van der Waals surface area contributed by atoms with E-state index in [0.717, 1.165) is 5.76 Å². The van der Waals surface area contributed by atoms with Crippen molar-refractivity contribution in [1.82, 2.24) is 10.2 Å². The molecule has 0 spiro atoms. The Hall–Kier alpha value is -1.50. The maximum atomic E-state index is 12.1. The van der Waals surface area contributed by atoms with Gasteiger partial charge in [-0.1, -0.05) is 0 Å². The van der Waals surface area contributed by atoms with E-state index in [1.54, 1.807) is 19.4 Å². The summed E-state index contributed by atoms with van der Waals surface area (Å²) in [6.45, 7) is 1.89. The van der Waals surface area contributed by atoms with Gasteiger partial charge < -0.3 is 14.6 Å². The standard InChI is InChI=1S/C13H20N2O4S/c1-10(8-12-4-3-6-19-12)14-13(16)15(2)11-5-7-20(17,18)9-11/h3-4,6,10-11H,5,7-9H2,1-2H3,(H,14,16). The largest absolute Gasteiger partial charge is 0.469 e. The van der Waals surface area contributed by atoms with Crippen LogP contribution in [0.25, 0.3) is 0 Å². The SMILES string of the molecule is CC(Cc1ccco1)NC(=O)N(C)C1CCS(=O)(=O)C1. The van der Waals surface area contributed by atoms with E-state index >= 15 is 0 Å². The minimum absolute atomic E-state index is 0.0590. The van der Waals surface area contributed by atoms with Gasteiger partial charge in [-0.3, -0.25) is 0 Å². The fraction of sp³-hybridized carbons (Fsp3) is 0.615. The predicted molar refractivity (Wildman–Crippen MR) is 75.2 cm³/mol. The molecule has 1 aliphatic rings. The number of hydrogen-bond acceptors (Lipinski definition) is 4. The molecule has 1 aliphatic heterocycles. The Labute approximate surface area is 119 Å². The normalized spacial score (nSPS) is 22.4. The molecule has 0 aromatic carbocycles. The smallest absolute Gasteiger partial charge is 0.317 e. The summed E-state index contributed by atoms with van der Waals surface area (Å²) in [6, 6.07) is 3.12. The number of nitrogens with zero attached hydrogens (tertiary/aromatic N) is 1. The third-order valence-corrected chi connectivity index (χ3v) is 5.28. The minimum Gasteiger partial charge on any atom is -0.469 e. The van der Waals surface area contributed by atoms with Crippen molar-refractivity contribution >= 4 is 15.9 Å². The molecule has 1 aromatic rings. The number of urea groups is 1. The lowest BCUT2D eigenvalue weighted by Crippen LogP contribution is -2.47. The third-order valence-electron chi connectivity index (χ3n) is 3.53. The van der Waals surface area contributed by atoms with Gasteiger partial charge >= 0.3 is 6.03 Å². The topological polar surface area (TPSA) is 79.6 Å². The van der Waals surface area contributed by atoms with Crippen molar-refractivity contribution in [2.75, 3.05) is 18.6 Å². The number of furan rings is 1. The molecule has 2 atom stereocenters. The Bertz CT molecular complexity index is 553. The van der Waals surface area contributed by atoms with Crippen LogP contribution in [0.2, 0.25) is 0 Å². The van der Waals surface area contributed by atoms with Gasteiger partial charge in [-0.25, -0.2) is 13.2 Å². The summed E-state index contributed by atoms with van der Waals surface area (Å²) in [7, 11) is -1.34. The molecule has 6 nitrogen and oxygen atoms in total. The van der Waals surface area contributed by atoms with E-state index in [4.69, 9.17) is 4.42 Å². The lowest BCUT2D eigenvalue weighted by molar-refractivity contribution is 0.191. The molecular weight excluding hydrogens is 280 g/mol. The van der Waals surface area contributed by atoms with Crippen molar-refractivity contribution in [3.8, 4) is 0 Å². The fourth-order valence-corrected chi connectivity index (χ4v) is 4.12. The van der Waals surface area contributed by atoms with Crippen LogP contribution in [0.15, 0.2) is 22.8 Å². The van der Waals surface area contributed by atoms with E-state index in [-0.39, 0.29) is 29.6 Å². The summed E-state index contributed by atoms with van der Waals surface area (Å²) >= 11 is 0. The average molecular weight is 300 g/mol. The predicted octanol–water partition coefficient (Wildman–Crippen LogP) is 1.04. The summed E-state index contributed by atoms with van der Waals surface area (Å²) in [5.74, 6) is 1.03. The molecule has 0 saturated carbocycles. The van der Waals surface area contributed by atoms with Crippen molar-refractivity contribution in [2.45, 2.75) is 31.8 Å². The average Bonchev–Trinajstić information content (AvgIpc) is 2.97. The van der Waals surface area contributed by atoms with Gasteiger partial charge in [-0.2, -0.15) is 0 Å². The van der Waals surface area contributed by atoms with Crippen molar-refractivity contribution in [3.05, 3.63) is 24.2 Å². The minimum atomic E-state index is -2.98. The van der Waals surface area contributed by atoms with Crippen LogP contribution >= 0.6 is 0 Å². The summed E-state index contributed by atoms with van der Waals surface area (Å²) < 4.78 is 28.1. The van der Waals surface area contributed by atoms with E-state index in [1.807, 2.05) is 13.0 Å². The number of amides is 2. The zero-order chi connectivity index (χ0) is 14.8. The van der Waals surface area contributed by atoms with Gasteiger partial charge in [0.25, 0.3) is 0 Å². The molecule has 112 valence electrons. The second-order valence-electron chi connectivity index (χ2n) is 5.30. The second kappa shape index (κ2) is 5.87. The van der Waals surface area contributed by atoms with Gasteiger partial charge in [0.1, 0.15) is 5.76 Å². The second-order valence-corrected chi connectivity index (χ2v) is 7.53. The molecule has 2 amide bonds. The Kier molecular flexibility index (Phi) is 4.37. The molecule has 0 radical (unpaired) electrons. The van der Waals surface area contributed by atoms with Gasteiger partial charge in [0.05, 0.1) is 17.8 Å². The van der Waals surface area contributed by atoms with Gasteiger partial charge in [0.2, 0.25) is 0 Å². The Balaban J connectivity index is 1.85. The highest BCUT2D eigenvalue weighted by atomic mass is 32.2. The zero-order valence-corrected chi connectivity index (χ0v) is 12.5. The molecule has 7 heteroatoms. The molecule has 1 saturated heterocycles. The number of carbonyl (C=O) groups is 1. The zero-order valence-electron chi connectivity index (χ0n) is 11.7. The van der Waals surface area contributed by atoms with Gasteiger partial charge in [0, 0.05) is 25.6 Å². The van der Waals surface area contributed by atoms with E-state index in [2.05, 4.69) is 5.32 Å². The summed E-state index contributed by atoms with van der Waals surface area (Å²) in [6.07, 6.45) is 2.72. The molecule has 1 N–H and O–H groups in total. The maximum absolute atomic E-state index is 12.1. The highest BCUT2D eigenvalue weighted by Gasteiger charge is 2.32. The molecule has 1 aromatic heterocycles. The fourth-order valence-electron chi connectivity index (χ4n) is 2.34. The van der Waals surface area contributed by atoms with Crippen LogP contribution in [0.3, 0.4) is 0 Å². The van der Waals surface area contributed by atoms with Crippen LogP contribution in [-0.4, -0.2) is 50.0 Å². The number of hydrogen-bond donors (Lipinski definition) is 1. The first-order valence-electron chi connectivity index (χ1n) is 6.63. The molecule has 2 unspecified atom stereocenters. The summed E-state index contributed by atoms with van der Waals surface area (Å²) in [5, 5.41) is 2.85. The molecular formula is C13H20N2O4S. The van der Waals surface area contributed by atoms with Crippen LogP contribution in [-0.2, 0) is 16.3 Å². The van der Waals surface area contributed by atoms with Crippen LogP contribution in [0.4, 0.5) is 4.79 Å². The lowest BCUT2D eigenvalue weighted by Gasteiger charge is -2.25.